The van der Waals surface area contributed by atoms with Crippen molar-refractivity contribution in [2.45, 2.75) is 38.6 Å². The van der Waals surface area contributed by atoms with Crippen LogP contribution in [-0.4, -0.2) is 13.2 Å². The molecule has 2 bridgehead atoms. The first kappa shape index (κ1) is 13.6. The van der Waals surface area contributed by atoms with Crippen LogP contribution in [0.5, 0.6) is 5.75 Å². The SMILES string of the molecule is COc1c(NC(C)C2CC3CCC2C3)sc(C#N)c1N. The molecule has 4 unspecified atom stereocenters. The van der Waals surface area contributed by atoms with Gasteiger partial charge in [0.2, 0.25) is 0 Å². The van der Waals surface area contributed by atoms with Gasteiger partial charge < -0.3 is 15.8 Å². The summed E-state index contributed by atoms with van der Waals surface area (Å²) in [6, 6.07) is 2.54. The van der Waals surface area contributed by atoms with E-state index in [0.29, 0.717) is 22.4 Å². The van der Waals surface area contributed by atoms with Crippen molar-refractivity contribution < 1.29 is 4.74 Å². The molecule has 0 spiro atoms. The van der Waals surface area contributed by atoms with Crippen LogP contribution in [0.15, 0.2) is 0 Å². The molecule has 0 radical (unpaired) electrons. The highest BCUT2D eigenvalue weighted by Crippen LogP contribution is 2.51. The maximum absolute atomic E-state index is 9.08. The summed E-state index contributed by atoms with van der Waals surface area (Å²) in [5.41, 5.74) is 6.40. The van der Waals surface area contributed by atoms with E-state index in [1.165, 1.54) is 37.0 Å². The highest BCUT2D eigenvalue weighted by molar-refractivity contribution is 7.17. The van der Waals surface area contributed by atoms with Gasteiger partial charge in [-0.1, -0.05) is 6.42 Å². The van der Waals surface area contributed by atoms with Gasteiger partial charge in [0.25, 0.3) is 0 Å². The average Bonchev–Trinajstić information content (AvgIpc) is 3.13. The lowest BCUT2D eigenvalue weighted by atomic mass is 9.84. The molecule has 0 saturated heterocycles. The molecule has 4 nitrogen and oxygen atoms in total. The van der Waals surface area contributed by atoms with Crippen molar-refractivity contribution in [2.24, 2.45) is 17.8 Å². The molecule has 4 atom stereocenters. The molecule has 2 aliphatic rings. The lowest BCUT2D eigenvalue weighted by Crippen LogP contribution is -2.29. The summed E-state index contributed by atoms with van der Waals surface area (Å²) in [5.74, 6) is 3.19. The predicted molar refractivity (Wildman–Crippen MR) is 82.0 cm³/mol. The van der Waals surface area contributed by atoms with Crippen LogP contribution in [0.3, 0.4) is 0 Å². The van der Waals surface area contributed by atoms with Crippen molar-refractivity contribution in [3.8, 4) is 11.8 Å². The van der Waals surface area contributed by atoms with Crippen molar-refractivity contribution in [1.82, 2.24) is 0 Å². The number of nitrogen functional groups attached to an aromatic ring is 1. The van der Waals surface area contributed by atoms with Crippen molar-refractivity contribution in [2.75, 3.05) is 18.2 Å². The van der Waals surface area contributed by atoms with E-state index < -0.39 is 0 Å². The summed E-state index contributed by atoms with van der Waals surface area (Å²) < 4.78 is 5.36. The second-order valence-corrected chi connectivity index (χ2v) is 7.11. The van der Waals surface area contributed by atoms with Crippen molar-refractivity contribution in [3.63, 3.8) is 0 Å². The van der Waals surface area contributed by atoms with Crippen molar-refractivity contribution in [1.29, 1.82) is 5.26 Å². The smallest absolute Gasteiger partial charge is 0.177 e. The molecule has 3 N–H and O–H groups in total. The lowest BCUT2D eigenvalue weighted by molar-refractivity contribution is 0.304. The molecule has 0 amide bonds. The predicted octanol–water partition coefficient (Wildman–Crippen LogP) is 3.45. The molecule has 1 aromatic heterocycles. The Morgan fingerprint density at radius 1 is 1.45 bits per heavy atom. The summed E-state index contributed by atoms with van der Waals surface area (Å²) in [4.78, 5) is 0.532. The number of nitrogens with one attached hydrogen (secondary N) is 1. The number of nitriles is 1. The minimum Gasteiger partial charge on any atom is -0.492 e. The first-order valence-electron chi connectivity index (χ1n) is 7.27. The molecular weight excluding hydrogens is 270 g/mol. The highest BCUT2D eigenvalue weighted by Gasteiger charge is 2.42. The molecule has 0 aliphatic heterocycles. The number of nitrogens with two attached hydrogens (primary N) is 1. The zero-order valence-corrected chi connectivity index (χ0v) is 12.8. The Balaban J connectivity index is 1.76. The normalized spacial score (nSPS) is 29.1. The Kier molecular flexibility index (Phi) is 3.51. The molecule has 5 heteroatoms. The van der Waals surface area contributed by atoms with Gasteiger partial charge in [0, 0.05) is 6.04 Å². The molecule has 2 aliphatic carbocycles. The Hall–Kier alpha value is -1.41. The maximum Gasteiger partial charge on any atom is 0.177 e. The number of ether oxygens (including phenoxy) is 1. The van der Waals surface area contributed by atoms with Gasteiger partial charge in [0.1, 0.15) is 21.6 Å². The molecule has 3 rings (SSSR count). The first-order chi connectivity index (χ1) is 9.63. The molecule has 20 heavy (non-hydrogen) atoms. The third-order valence-corrected chi connectivity index (χ3v) is 6.02. The van der Waals surface area contributed by atoms with Crippen LogP contribution in [0.4, 0.5) is 10.7 Å². The third-order valence-electron chi connectivity index (χ3n) is 5.00. The molecule has 0 aromatic carbocycles. The van der Waals surface area contributed by atoms with E-state index in [4.69, 9.17) is 15.7 Å². The minimum atomic E-state index is 0.406. The summed E-state index contributed by atoms with van der Waals surface area (Å²) in [6.45, 7) is 2.24. The molecule has 2 fully saturated rings. The molecule has 108 valence electrons. The number of methoxy groups -OCH3 is 1. The van der Waals surface area contributed by atoms with Gasteiger partial charge in [-0.05, 0) is 43.9 Å². The van der Waals surface area contributed by atoms with Crippen LogP contribution >= 0.6 is 11.3 Å². The topological polar surface area (TPSA) is 71.1 Å². The van der Waals surface area contributed by atoms with Gasteiger partial charge in [-0.25, -0.2) is 0 Å². The summed E-state index contributed by atoms with van der Waals surface area (Å²) in [7, 11) is 1.60. The van der Waals surface area contributed by atoms with Crippen LogP contribution in [0.25, 0.3) is 0 Å². The van der Waals surface area contributed by atoms with Crippen LogP contribution in [0.2, 0.25) is 0 Å². The van der Waals surface area contributed by atoms with Gasteiger partial charge in [-0.3, -0.25) is 0 Å². The largest absolute Gasteiger partial charge is 0.492 e. The zero-order valence-electron chi connectivity index (χ0n) is 12.0. The van der Waals surface area contributed by atoms with E-state index in [2.05, 4.69) is 18.3 Å². The fourth-order valence-electron chi connectivity index (χ4n) is 4.03. The second-order valence-electron chi connectivity index (χ2n) is 6.09. The van der Waals surface area contributed by atoms with E-state index in [9.17, 15) is 0 Å². The average molecular weight is 291 g/mol. The van der Waals surface area contributed by atoms with E-state index in [1.807, 2.05) is 0 Å². The molecule has 2 saturated carbocycles. The second kappa shape index (κ2) is 5.17. The van der Waals surface area contributed by atoms with Crippen LogP contribution in [0, 0.1) is 29.1 Å². The standard InChI is InChI=1S/C15H21N3OS/c1-8(11-6-9-3-4-10(11)5-9)18-15-14(19-2)13(17)12(7-16)20-15/h8-11,18H,3-6,17H2,1-2H3. The van der Waals surface area contributed by atoms with E-state index >= 15 is 0 Å². The van der Waals surface area contributed by atoms with Gasteiger partial charge in [0.15, 0.2) is 5.75 Å². The Morgan fingerprint density at radius 2 is 2.25 bits per heavy atom. The monoisotopic (exact) mass is 291 g/mol. The molecule has 1 heterocycles. The van der Waals surface area contributed by atoms with Crippen LogP contribution in [0.1, 0.15) is 37.5 Å². The number of anilines is 2. The van der Waals surface area contributed by atoms with E-state index in [0.717, 1.165) is 22.8 Å². The fourth-order valence-corrected chi connectivity index (χ4v) is 5.01. The number of rotatable bonds is 4. The number of hydrogen-bond acceptors (Lipinski definition) is 5. The number of hydrogen-bond donors (Lipinski definition) is 2. The highest BCUT2D eigenvalue weighted by atomic mass is 32.1. The van der Waals surface area contributed by atoms with E-state index in [-0.39, 0.29) is 0 Å². The summed E-state index contributed by atoms with van der Waals surface area (Å²) in [5, 5.41) is 13.5. The Morgan fingerprint density at radius 3 is 2.80 bits per heavy atom. The quantitative estimate of drug-likeness (QED) is 0.891. The van der Waals surface area contributed by atoms with Gasteiger partial charge in [-0.2, -0.15) is 5.26 Å². The summed E-state index contributed by atoms with van der Waals surface area (Å²) in [6.07, 6.45) is 5.55. The van der Waals surface area contributed by atoms with E-state index in [1.54, 1.807) is 7.11 Å². The lowest BCUT2D eigenvalue weighted by Gasteiger charge is -2.29. The number of thiophene rings is 1. The van der Waals surface area contributed by atoms with Crippen molar-refractivity contribution in [3.05, 3.63) is 4.88 Å². The fraction of sp³-hybridized carbons (Fsp3) is 0.667. The van der Waals surface area contributed by atoms with Crippen LogP contribution in [-0.2, 0) is 0 Å². The third kappa shape index (κ3) is 2.12. The van der Waals surface area contributed by atoms with Crippen LogP contribution < -0.4 is 15.8 Å². The first-order valence-corrected chi connectivity index (χ1v) is 8.08. The molecular formula is C15H21N3OS. The Bertz CT molecular complexity index is 548. The van der Waals surface area contributed by atoms with Gasteiger partial charge in [0.05, 0.1) is 7.11 Å². The van der Waals surface area contributed by atoms with Gasteiger partial charge in [-0.15, -0.1) is 11.3 Å². The molecule has 1 aromatic rings. The maximum atomic E-state index is 9.08. The zero-order chi connectivity index (χ0) is 14.3. The summed E-state index contributed by atoms with van der Waals surface area (Å²) >= 11 is 1.40. The van der Waals surface area contributed by atoms with Gasteiger partial charge >= 0.3 is 0 Å². The Labute approximate surface area is 123 Å². The minimum absolute atomic E-state index is 0.406. The van der Waals surface area contributed by atoms with Crippen molar-refractivity contribution >= 4 is 22.0 Å². The number of fused-ring (bicyclic) bond motifs is 2. The number of nitrogens with zero attached hydrogens (tertiary/aromatic N) is 1.